The van der Waals surface area contributed by atoms with E-state index in [1.165, 1.54) is 5.56 Å². The number of para-hydroxylation sites is 1. The summed E-state index contributed by atoms with van der Waals surface area (Å²) >= 11 is 4.81. The summed E-state index contributed by atoms with van der Waals surface area (Å²) in [5.74, 6) is 0.417. The van der Waals surface area contributed by atoms with Gasteiger partial charge >= 0.3 is 0 Å². The molecule has 72 valence electrons. The first-order chi connectivity index (χ1) is 6.65. The summed E-state index contributed by atoms with van der Waals surface area (Å²) in [6.07, 6.45) is 0. The summed E-state index contributed by atoms with van der Waals surface area (Å²) in [6, 6.07) is 9.77. The van der Waals surface area contributed by atoms with Crippen LogP contribution in [0.15, 0.2) is 24.3 Å². The molecule has 1 rings (SSSR count). The Morgan fingerprint density at radius 3 is 2.64 bits per heavy atom. The molecule has 0 heterocycles. The minimum absolute atomic E-state index is 0.207. The third-order valence-electron chi connectivity index (χ3n) is 1.93. The second kappa shape index (κ2) is 4.73. The van der Waals surface area contributed by atoms with Crippen LogP contribution in [0.25, 0.3) is 0 Å². The van der Waals surface area contributed by atoms with E-state index in [-0.39, 0.29) is 4.99 Å². The predicted molar refractivity (Wildman–Crippen MR) is 62.4 cm³/mol. The molecule has 0 aliphatic rings. The van der Waals surface area contributed by atoms with E-state index in [9.17, 15) is 0 Å². The third kappa shape index (κ3) is 2.54. The van der Waals surface area contributed by atoms with Crippen LogP contribution in [0, 0.1) is 11.3 Å². The Balaban J connectivity index is 2.97. The van der Waals surface area contributed by atoms with Gasteiger partial charge in [0.25, 0.3) is 0 Å². The Bertz CT molecular complexity index is 377. The number of hydrogen-bond acceptors (Lipinski definition) is 2. The molecule has 1 aromatic rings. The van der Waals surface area contributed by atoms with E-state index in [1.54, 1.807) is 0 Å². The van der Waals surface area contributed by atoms with Crippen molar-refractivity contribution in [3.8, 4) is 6.07 Å². The number of anilines is 1. The van der Waals surface area contributed by atoms with Crippen LogP contribution in [0.5, 0.6) is 0 Å². The van der Waals surface area contributed by atoms with Gasteiger partial charge in [-0.15, -0.1) is 0 Å². The van der Waals surface area contributed by atoms with Gasteiger partial charge in [-0.05, 0) is 29.8 Å². The fraction of sp³-hybridized carbons (Fsp3) is 0.273. The van der Waals surface area contributed by atoms with Gasteiger partial charge in [0.05, 0.1) is 0 Å². The molecule has 0 aliphatic carbocycles. The molecule has 2 nitrogen and oxygen atoms in total. The van der Waals surface area contributed by atoms with Gasteiger partial charge in [0, 0.05) is 5.69 Å². The van der Waals surface area contributed by atoms with Crippen molar-refractivity contribution in [2.75, 3.05) is 5.32 Å². The van der Waals surface area contributed by atoms with Gasteiger partial charge in [0.1, 0.15) is 6.07 Å². The van der Waals surface area contributed by atoms with E-state index in [1.807, 2.05) is 30.3 Å². The lowest BCUT2D eigenvalue weighted by molar-refractivity contribution is 0.869. The van der Waals surface area contributed by atoms with Crippen molar-refractivity contribution in [1.29, 1.82) is 5.26 Å². The highest BCUT2D eigenvalue weighted by molar-refractivity contribution is 7.81. The maximum Gasteiger partial charge on any atom is 0.182 e. The Kier molecular flexibility index (Phi) is 3.61. The molecule has 0 bridgehead atoms. The molecule has 14 heavy (non-hydrogen) atoms. The van der Waals surface area contributed by atoms with Crippen molar-refractivity contribution >= 4 is 22.9 Å². The highest BCUT2D eigenvalue weighted by atomic mass is 32.1. The minimum atomic E-state index is 0.207. The zero-order valence-electron chi connectivity index (χ0n) is 8.24. The molecule has 0 amide bonds. The van der Waals surface area contributed by atoms with Crippen LogP contribution >= 0.6 is 12.2 Å². The van der Waals surface area contributed by atoms with E-state index in [2.05, 4.69) is 19.2 Å². The average molecular weight is 204 g/mol. The van der Waals surface area contributed by atoms with Crippen LogP contribution in [-0.2, 0) is 0 Å². The fourth-order valence-corrected chi connectivity index (χ4v) is 1.37. The van der Waals surface area contributed by atoms with Crippen molar-refractivity contribution < 1.29 is 0 Å². The van der Waals surface area contributed by atoms with Crippen LogP contribution in [0.1, 0.15) is 25.3 Å². The van der Waals surface area contributed by atoms with Gasteiger partial charge in [-0.2, -0.15) is 5.26 Å². The number of nitriles is 1. The second-order valence-corrected chi connectivity index (χ2v) is 3.72. The second-order valence-electron chi connectivity index (χ2n) is 3.31. The summed E-state index contributed by atoms with van der Waals surface area (Å²) < 4.78 is 0. The molecule has 0 unspecified atom stereocenters. The van der Waals surface area contributed by atoms with Crippen molar-refractivity contribution in [1.82, 2.24) is 0 Å². The quantitative estimate of drug-likeness (QED) is 0.752. The lowest BCUT2D eigenvalue weighted by atomic mass is 10.0. The van der Waals surface area contributed by atoms with Gasteiger partial charge < -0.3 is 5.32 Å². The number of benzene rings is 1. The highest BCUT2D eigenvalue weighted by Crippen LogP contribution is 2.23. The normalized spacial score (nSPS) is 9.57. The topological polar surface area (TPSA) is 35.8 Å². The Hall–Kier alpha value is -1.40. The SMILES string of the molecule is CC(C)c1ccccc1NC(=S)C#N. The lowest BCUT2D eigenvalue weighted by Crippen LogP contribution is -2.08. The molecule has 0 spiro atoms. The maximum absolute atomic E-state index is 8.57. The molecule has 0 saturated heterocycles. The molecule has 0 saturated carbocycles. The molecule has 3 heteroatoms. The zero-order valence-corrected chi connectivity index (χ0v) is 9.06. The zero-order chi connectivity index (χ0) is 10.6. The highest BCUT2D eigenvalue weighted by Gasteiger charge is 2.05. The average Bonchev–Trinajstić information content (AvgIpc) is 2.18. The molecular weight excluding hydrogens is 192 g/mol. The van der Waals surface area contributed by atoms with E-state index < -0.39 is 0 Å². The van der Waals surface area contributed by atoms with Gasteiger partial charge in [-0.25, -0.2) is 0 Å². The van der Waals surface area contributed by atoms with Crippen LogP contribution < -0.4 is 5.32 Å². The molecule has 0 aliphatic heterocycles. The van der Waals surface area contributed by atoms with Crippen LogP contribution in [0.4, 0.5) is 5.69 Å². The van der Waals surface area contributed by atoms with Crippen LogP contribution in [0.2, 0.25) is 0 Å². The van der Waals surface area contributed by atoms with Crippen LogP contribution in [0.3, 0.4) is 0 Å². The van der Waals surface area contributed by atoms with E-state index in [0.29, 0.717) is 5.92 Å². The van der Waals surface area contributed by atoms with Gasteiger partial charge in [-0.3, -0.25) is 0 Å². The summed E-state index contributed by atoms with van der Waals surface area (Å²) in [5, 5.41) is 11.5. The molecule has 0 fully saturated rings. The summed E-state index contributed by atoms with van der Waals surface area (Å²) in [5.41, 5.74) is 2.10. The van der Waals surface area contributed by atoms with Gasteiger partial charge in [0.2, 0.25) is 0 Å². The number of thiocarbonyl (C=S) groups is 1. The van der Waals surface area contributed by atoms with Crippen molar-refractivity contribution in [3.63, 3.8) is 0 Å². The summed E-state index contributed by atoms with van der Waals surface area (Å²) in [4.78, 5) is 0.207. The lowest BCUT2D eigenvalue weighted by Gasteiger charge is -2.12. The standard InChI is InChI=1S/C11H12N2S/c1-8(2)9-5-3-4-6-10(9)13-11(14)7-12/h3-6,8H,1-2H3,(H,13,14). The number of hydrogen-bond donors (Lipinski definition) is 1. The number of nitrogens with zero attached hydrogens (tertiary/aromatic N) is 1. The first-order valence-electron chi connectivity index (χ1n) is 4.45. The molecule has 0 atom stereocenters. The molecular formula is C11H12N2S. The van der Waals surface area contributed by atoms with Gasteiger partial charge in [-0.1, -0.05) is 32.0 Å². The predicted octanol–water partition coefficient (Wildman–Crippen LogP) is 3.07. The smallest absolute Gasteiger partial charge is 0.182 e. The Morgan fingerprint density at radius 2 is 2.07 bits per heavy atom. The number of rotatable bonds is 2. The van der Waals surface area contributed by atoms with E-state index in [4.69, 9.17) is 17.5 Å². The first-order valence-corrected chi connectivity index (χ1v) is 4.86. The summed E-state index contributed by atoms with van der Waals surface area (Å²) in [6.45, 7) is 4.21. The molecule has 1 N–H and O–H groups in total. The fourth-order valence-electron chi connectivity index (χ4n) is 1.26. The monoisotopic (exact) mass is 204 g/mol. The van der Waals surface area contributed by atoms with Crippen molar-refractivity contribution in [2.24, 2.45) is 0 Å². The molecule has 0 radical (unpaired) electrons. The Morgan fingerprint density at radius 1 is 1.43 bits per heavy atom. The Labute approximate surface area is 89.6 Å². The van der Waals surface area contributed by atoms with Crippen LogP contribution in [-0.4, -0.2) is 4.99 Å². The van der Waals surface area contributed by atoms with E-state index in [0.717, 1.165) is 5.69 Å². The van der Waals surface area contributed by atoms with Crippen molar-refractivity contribution in [3.05, 3.63) is 29.8 Å². The minimum Gasteiger partial charge on any atom is -0.338 e. The maximum atomic E-state index is 8.57. The third-order valence-corrected chi connectivity index (χ3v) is 2.13. The van der Waals surface area contributed by atoms with Crippen molar-refractivity contribution in [2.45, 2.75) is 19.8 Å². The first kappa shape index (κ1) is 10.7. The van der Waals surface area contributed by atoms with Gasteiger partial charge in [0.15, 0.2) is 4.99 Å². The summed E-state index contributed by atoms with van der Waals surface area (Å²) in [7, 11) is 0. The molecule has 1 aromatic carbocycles. The number of nitrogens with one attached hydrogen (secondary N) is 1. The molecule has 0 aromatic heterocycles. The van der Waals surface area contributed by atoms with E-state index >= 15 is 0 Å². The largest absolute Gasteiger partial charge is 0.338 e.